The molecule has 5 rings (SSSR count). The van der Waals surface area contributed by atoms with E-state index in [-0.39, 0.29) is 39.4 Å². The van der Waals surface area contributed by atoms with Gasteiger partial charge in [0.1, 0.15) is 46.8 Å². The summed E-state index contributed by atoms with van der Waals surface area (Å²) in [6.07, 6.45) is 0.358. The molecule has 0 fully saturated rings. The minimum absolute atomic E-state index is 0.0139. The number of para-hydroxylation sites is 1. The molecule has 10 nitrogen and oxygen atoms in total. The van der Waals surface area contributed by atoms with Crippen molar-refractivity contribution in [1.29, 1.82) is 5.26 Å². The number of nitrogens with two attached hydrogens (primary N) is 1. The molecule has 0 saturated heterocycles. The first-order valence-corrected chi connectivity index (χ1v) is 10.9. The Bertz CT molecular complexity index is 1650. The van der Waals surface area contributed by atoms with Crippen LogP contribution in [0.3, 0.4) is 0 Å². The van der Waals surface area contributed by atoms with Crippen LogP contribution in [-0.4, -0.2) is 39.5 Å². The van der Waals surface area contributed by atoms with Gasteiger partial charge < -0.3 is 10.3 Å². The number of halogens is 4. The van der Waals surface area contributed by atoms with Gasteiger partial charge in [-0.1, -0.05) is 24.3 Å². The Balaban J connectivity index is 1.71. The van der Waals surface area contributed by atoms with Crippen molar-refractivity contribution in [3.63, 3.8) is 0 Å². The maximum atomic E-state index is 14.3. The third-order valence-corrected chi connectivity index (χ3v) is 5.76. The standard InChI is InChI=1S/C23H16F4N10/c1-2-15(14-10-36(35-34-14)16-6-4-3-5-13(16)24)37-17(7-28)18(19-20(29)32-11-33-21(19)37)12-8-30-22(31-9-12)23(25,26)27/h3-6,8-11,15H,2H2,1H3,(H2,29,32,33). The number of hydrogen-bond acceptors (Lipinski definition) is 8. The van der Waals surface area contributed by atoms with Crippen molar-refractivity contribution in [2.45, 2.75) is 25.6 Å². The molecule has 186 valence electrons. The number of anilines is 1. The van der Waals surface area contributed by atoms with Crippen molar-refractivity contribution in [2.75, 3.05) is 5.73 Å². The highest BCUT2D eigenvalue weighted by Crippen LogP contribution is 2.40. The van der Waals surface area contributed by atoms with Gasteiger partial charge in [0.25, 0.3) is 0 Å². The average molecular weight is 508 g/mol. The largest absolute Gasteiger partial charge is 0.451 e. The van der Waals surface area contributed by atoms with Crippen LogP contribution in [0.25, 0.3) is 27.8 Å². The lowest BCUT2D eigenvalue weighted by atomic mass is 10.1. The summed E-state index contributed by atoms with van der Waals surface area (Å²) in [5.41, 5.74) is 7.32. The molecule has 2 N–H and O–H groups in total. The lowest BCUT2D eigenvalue weighted by molar-refractivity contribution is -0.144. The number of rotatable bonds is 5. The molecule has 0 aliphatic heterocycles. The summed E-state index contributed by atoms with van der Waals surface area (Å²) in [6, 6.07) is 7.52. The van der Waals surface area contributed by atoms with Crippen molar-refractivity contribution in [3.8, 4) is 22.9 Å². The molecule has 1 atom stereocenters. The van der Waals surface area contributed by atoms with Gasteiger partial charge in [0, 0.05) is 23.5 Å². The zero-order chi connectivity index (χ0) is 26.3. The van der Waals surface area contributed by atoms with E-state index in [1.54, 1.807) is 16.7 Å². The van der Waals surface area contributed by atoms with Crippen LogP contribution in [-0.2, 0) is 6.18 Å². The topological polar surface area (TPSA) is 137 Å². The van der Waals surface area contributed by atoms with Gasteiger partial charge in [0.2, 0.25) is 5.82 Å². The fourth-order valence-electron chi connectivity index (χ4n) is 4.16. The molecule has 0 radical (unpaired) electrons. The molecule has 0 bridgehead atoms. The average Bonchev–Trinajstić information content (AvgIpc) is 3.49. The number of hydrogen-bond donors (Lipinski definition) is 1. The van der Waals surface area contributed by atoms with E-state index in [4.69, 9.17) is 5.73 Å². The fraction of sp³-hybridized carbons (Fsp3) is 0.174. The van der Waals surface area contributed by atoms with E-state index in [9.17, 15) is 22.8 Å². The smallest absolute Gasteiger partial charge is 0.383 e. The Hall–Kier alpha value is -4.93. The molecule has 1 aromatic carbocycles. The number of nitriles is 1. The molecule has 4 heterocycles. The van der Waals surface area contributed by atoms with Crippen molar-refractivity contribution < 1.29 is 17.6 Å². The minimum Gasteiger partial charge on any atom is -0.383 e. The molecule has 4 aromatic heterocycles. The second kappa shape index (κ2) is 8.94. The summed E-state index contributed by atoms with van der Waals surface area (Å²) in [7, 11) is 0. The maximum absolute atomic E-state index is 14.3. The van der Waals surface area contributed by atoms with E-state index in [0.717, 1.165) is 12.4 Å². The predicted molar refractivity (Wildman–Crippen MR) is 122 cm³/mol. The number of alkyl halides is 3. The molecular weight excluding hydrogens is 492 g/mol. The van der Waals surface area contributed by atoms with E-state index in [2.05, 4.69) is 36.3 Å². The van der Waals surface area contributed by atoms with Crippen molar-refractivity contribution >= 4 is 16.9 Å². The van der Waals surface area contributed by atoms with Crippen LogP contribution in [0.1, 0.15) is 36.6 Å². The maximum Gasteiger partial charge on any atom is 0.451 e. The summed E-state index contributed by atoms with van der Waals surface area (Å²) in [5, 5.41) is 18.7. The second-order valence-corrected chi connectivity index (χ2v) is 7.92. The highest BCUT2D eigenvalue weighted by molar-refractivity contribution is 6.03. The second-order valence-electron chi connectivity index (χ2n) is 7.92. The van der Waals surface area contributed by atoms with Gasteiger partial charge in [-0.25, -0.2) is 29.0 Å². The van der Waals surface area contributed by atoms with E-state index >= 15 is 0 Å². The SMILES string of the molecule is CCC(c1cn(-c2ccccc2F)nn1)n1c(C#N)c(-c2cnc(C(F)(F)F)nc2)c2c(N)ncnc21. The molecule has 14 heteroatoms. The Morgan fingerprint density at radius 1 is 1.11 bits per heavy atom. The third-order valence-electron chi connectivity index (χ3n) is 5.76. The minimum atomic E-state index is -4.73. The highest BCUT2D eigenvalue weighted by atomic mass is 19.4. The zero-order valence-corrected chi connectivity index (χ0v) is 19.0. The molecule has 0 aliphatic rings. The van der Waals surface area contributed by atoms with Crippen LogP contribution < -0.4 is 5.73 Å². The van der Waals surface area contributed by atoms with Crippen LogP contribution in [0.2, 0.25) is 0 Å². The molecule has 5 aromatic rings. The van der Waals surface area contributed by atoms with E-state index in [1.165, 1.54) is 29.3 Å². The summed E-state index contributed by atoms with van der Waals surface area (Å²) >= 11 is 0. The fourth-order valence-corrected chi connectivity index (χ4v) is 4.16. The lowest BCUT2D eigenvalue weighted by Crippen LogP contribution is -2.13. The van der Waals surface area contributed by atoms with Crippen molar-refractivity contribution in [1.82, 2.24) is 39.5 Å². The van der Waals surface area contributed by atoms with Crippen LogP contribution in [0, 0.1) is 17.1 Å². The first-order valence-electron chi connectivity index (χ1n) is 10.9. The van der Waals surface area contributed by atoms with Gasteiger partial charge in [-0.3, -0.25) is 0 Å². The van der Waals surface area contributed by atoms with Crippen LogP contribution in [0.5, 0.6) is 0 Å². The highest BCUT2D eigenvalue weighted by Gasteiger charge is 2.35. The van der Waals surface area contributed by atoms with Crippen molar-refractivity contribution in [3.05, 3.63) is 72.2 Å². The quantitative estimate of drug-likeness (QED) is 0.351. The van der Waals surface area contributed by atoms with Gasteiger partial charge >= 0.3 is 6.18 Å². The third kappa shape index (κ3) is 3.99. The van der Waals surface area contributed by atoms with Gasteiger partial charge in [-0.2, -0.15) is 18.4 Å². The van der Waals surface area contributed by atoms with Crippen LogP contribution in [0.4, 0.5) is 23.4 Å². The number of benzene rings is 1. The Morgan fingerprint density at radius 2 is 1.84 bits per heavy atom. The monoisotopic (exact) mass is 508 g/mol. The Morgan fingerprint density at radius 3 is 2.49 bits per heavy atom. The predicted octanol–water partition coefficient (Wildman–Crippen LogP) is 4.08. The number of nitrogens with zero attached hydrogens (tertiary/aromatic N) is 9. The summed E-state index contributed by atoms with van der Waals surface area (Å²) in [6.45, 7) is 1.84. The molecule has 0 saturated carbocycles. The first-order chi connectivity index (χ1) is 17.7. The number of nitrogen functional groups attached to an aromatic ring is 1. The number of fused-ring (bicyclic) bond motifs is 1. The van der Waals surface area contributed by atoms with E-state index < -0.39 is 23.9 Å². The van der Waals surface area contributed by atoms with Gasteiger partial charge in [0.15, 0.2) is 0 Å². The number of aromatic nitrogens is 8. The van der Waals surface area contributed by atoms with Crippen LogP contribution >= 0.6 is 0 Å². The molecule has 1 unspecified atom stereocenters. The molecule has 37 heavy (non-hydrogen) atoms. The molecular formula is C23H16F4N10. The van der Waals surface area contributed by atoms with E-state index in [1.807, 2.05) is 6.92 Å². The molecule has 0 amide bonds. The van der Waals surface area contributed by atoms with Gasteiger partial charge in [-0.05, 0) is 18.6 Å². The summed E-state index contributed by atoms with van der Waals surface area (Å²) in [5.74, 6) is -1.81. The molecule has 0 spiro atoms. The van der Waals surface area contributed by atoms with E-state index in [0.29, 0.717) is 12.1 Å². The Labute approximate surface area is 206 Å². The summed E-state index contributed by atoms with van der Waals surface area (Å²) in [4.78, 5) is 15.1. The van der Waals surface area contributed by atoms with Crippen LogP contribution in [0.15, 0.2) is 49.2 Å². The lowest BCUT2D eigenvalue weighted by Gasteiger charge is -2.16. The van der Waals surface area contributed by atoms with Gasteiger partial charge in [0.05, 0.1) is 17.6 Å². The van der Waals surface area contributed by atoms with Crippen molar-refractivity contribution in [2.24, 2.45) is 0 Å². The zero-order valence-electron chi connectivity index (χ0n) is 19.0. The molecule has 0 aliphatic carbocycles. The Kier molecular flexibility index (Phi) is 5.75. The first kappa shape index (κ1) is 23.8. The van der Waals surface area contributed by atoms with Gasteiger partial charge in [-0.15, -0.1) is 5.10 Å². The normalized spacial score (nSPS) is 12.5. The summed E-state index contributed by atoms with van der Waals surface area (Å²) < 4.78 is 56.2.